The number of carbonyl (C=O) groups is 2. The number of hydrogen-bond acceptors (Lipinski definition) is 3. The van der Waals surface area contributed by atoms with Crippen molar-refractivity contribution in [3.05, 3.63) is 143 Å². The van der Waals surface area contributed by atoms with Gasteiger partial charge in [-0.3, -0.25) is 10.1 Å². The molecule has 0 aliphatic carbocycles. The second-order valence-corrected chi connectivity index (χ2v) is 9.86. The van der Waals surface area contributed by atoms with Crippen molar-refractivity contribution in [3.63, 3.8) is 0 Å². The predicted molar refractivity (Wildman–Crippen MR) is 164 cm³/mol. The van der Waals surface area contributed by atoms with Gasteiger partial charge in [-0.05, 0) is 47.1 Å². The maximum absolute atomic E-state index is 13.3. The van der Waals surface area contributed by atoms with Gasteiger partial charge < -0.3 is 16.4 Å². The Morgan fingerprint density at radius 3 is 2.02 bits per heavy atom. The third-order valence-electron chi connectivity index (χ3n) is 6.70. The van der Waals surface area contributed by atoms with Crippen LogP contribution in [0.1, 0.15) is 40.2 Å². The molecule has 4 rings (SSSR count). The zero-order valence-corrected chi connectivity index (χ0v) is 23.1. The number of nitrogens with one attached hydrogen (secondary N) is 3. The second kappa shape index (κ2) is 15.6. The summed E-state index contributed by atoms with van der Waals surface area (Å²) >= 11 is 0. The quantitative estimate of drug-likeness (QED) is 0.113. The van der Waals surface area contributed by atoms with E-state index in [0.717, 1.165) is 35.1 Å². The van der Waals surface area contributed by atoms with Crippen molar-refractivity contribution in [2.75, 3.05) is 6.54 Å². The second-order valence-electron chi connectivity index (χ2n) is 9.86. The van der Waals surface area contributed by atoms with E-state index >= 15 is 0 Å². The SMILES string of the molecule is NC(=NCc1cccc(CNC(=O)C(Cc2ccccc2)c2ccccc2)c1)NC(=O)NCCCc1ccccc1. The normalized spacial score (nSPS) is 11.9. The summed E-state index contributed by atoms with van der Waals surface area (Å²) in [6.45, 7) is 1.24. The van der Waals surface area contributed by atoms with Crippen molar-refractivity contribution in [2.45, 2.75) is 38.3 Å². The number of nitrogens with two attached hydrogens (primary N) is 1. The average molecular weight is 548 g/mol. The molecule has 0 bridgehead atoms. The number of nitrogens with zero attached hydrogens (tertiary/aromatic N) is 1. The maximum Gasteiger partial charge on any atom is 0.321 e. The van der Waals surface area contributed by atoms with Crippen LogP contribution in [0, 0.1) is 0 Å². The van der Waals surface area contributed by atoms with E-state index in [1.54, 1.807) is 0 Å². The first-order valence-corrected chi connectivity index (χ1v) is 13.9. The number of benzene rings is 4. The molecule has 0 aliphatic heterocycles. The lowest BCUT2D eigenvalue weighted by atomic mass is 9.91. The van der Waals surface area contributed by atoms with Gasteiger partial charge in [0, 0.05) is 13.1 Å². The maximum atomic E-state index is 13.3. The van der Waals surface area contributed by atoms with Crippen LogP contribution < -0.4 is 21.7 Å². The number of hydrogen-bond donors (Lipinski definition) is 4. The van der Waals surface area contributed by atoms with Gasteiger partial charge in [0.05, 0.1) is 12.5 Å². The molecule has 0 saturated carbocycles. The minimum Gasteiger partial charge on any atom is -0.370 e. The van der Waals surface area contributed by atoms with Gasteiger partial charge in [0.25, 0.3) is 0 Å². The molecule has 0 aliphatic rings. The Balaban J connectivity index is 1.25. The zero-order valence-electron chi connectivity index (χ0n) is 23.1. The van der Waals surface area contributed by atoms with Crippen LogP contribution in [0.4, 0.5) is 4.79 Å². The molecule has 7 heteroatoms. The van der Waals surface area contributed by atoms with E-state index in [0.29, 0.717) is 26.1 Å². The summed E-state index contributed by atoms with van der Waals surface area (Å²) in [7, 11) is 0. The summed E-state index contributed by atoms with van der Waals surface area (Å²) in [5.74, 6) is -0.260. The monoisotopic (exact) mass is 547 g/mol. The van der Waals surface area contributed by atoms with Crippen molar-refractivity contribution in [2.24, 2.45) is 10.7 Å². The largest absolute Gasteiger partial charge is 0.370 e. The van der Waals surface area contributed by atoms with Crippen molar-refractivity contribution in [1.29, 1.82) is 0 Å². The van der Waals surface area contributed by atoms with Crippen molar-refractivity contribution in [3.8, 4) is 0 Å². The van der Waals surface area contributed by atoms with Gasteiger partial charge in [-0.2, -0.15) is 0 Å². The van der Waals surface area contributed by atoms with E-state index in [9.17, 15) is 9.59 Å². The number of urea groups is 1. The highest BCUT2D eigenvalue weighted by Crippen LogP contribution is 2.21. The first-order chi connectivity index (χ1) is 20.1. The summed E-state index contributed by atoms with van der Waals surface area (Å²) < 4.78 is 0. The molecular formula is C34H37N5O2. The first kappa shape index (κ1) is 29.1. The third-order valence-corrected chi connectivity index (χ3v) is 6.70. The van der Waals surface area contributed by atoms with Crippen LogP contribution in [0.3, 0.4) is 0 Å². The molecule has 210 valence electrons. The van der Waals surface area contributed by atoms with Gasteiger partial charge in [0.15, 0.2) is 5.96 Å². The molecule has 4 aromatic carbocycles. The predicted octanol–water partition coefficient (Wildman–Crippen LogP) is 5.08. The van der Waals surface area contributed by atoms with Gasteiger partial charge in [0.2, 0.25) is 5.91 Å². The summed E-state index contributed by atoms with van der Waals surface area (Å²) in [5, 5.41) is 8.48. The van der Waals surface area contributed by atoms with E-state index in [4.69, 9.17) is 5.73 Å². The fourth-order valence-corrected chi connectivity index (χ4v) is 4.56. The molecule has 3 amide bonds. The summed E-state index contributed by atoms with van der Waals surface area (Å²) in [6, 6.07) is 37.5. The molecule has 0 heterocycles. The Hall–Kier alpha value is -4.91. The number of aliphatic imine (C=N–C) groups is 1. The van der Waals surface area contributed by atoms with Crippen LogP contribution >= 0.6 is 0 Å². The molecule has 0 spiro atoms. The van der Waals surface area contributed by atoms with Crippen molar-refractivity contribution in [1.82, 2.24) is 16.0 Å². The number of rotatable bonds is 12. The highest BCUT2D eigenvalue weighted by atomic mass is 16.2. The molecule has 0 aromatic heterocycles. The number of aryl methyl sites for hydroxylation is 1. The van der Waals surface area contributed by atoms with Crippen LogP contribution in [-0.4, -0.2) is 24.4 Å². The lowest BCUT2D eigenvalue weighted by Crippen LogP contribution is -2.43. The van der Waals surface area contributed by atoms with Crippen LogP contribution in [-0.2, 0) is 30.7 Å². The van der Waals surface area contributed by atoms with E-state index in [2.05, 4.69) is 33.1 Å². The van der Waals surface area contributed by atoms with Gasteiger partial charge in [-0.1, -0.05) is 115 Å². The van der Waals surface area contributed by atoms with Crippen LogP contribution in [0.2, 0.25) is 0 Å². The van der Waals surface area contributed by atoms with E-state index in [1.807, 2.05) is 103 Å². The average Bonchev–Trinajstić information content (AvgIpc) is 3.01. The fraction of sp³-hybridized carbons (Fsp3) is 0.206. The molecular weight excluding hydrogens is 510 g/mol. The van der Waals surface area contributed by atoms with Gasteiger partial charge >= 0.3 is 6.03 Å². The Bertz CT molecular complexity index is 1410. The Labute approximate surface area is 241 Å². The zero-order chi connectivity index (χ0) is 28.7. The van der Waals surface area contributed by atoms with E-state index in [1.165, 1.54) is 5.56 Å². The van der Waals surface area contributed by atoms with Gasteiger partial charge in [-0.25, -0.2) is 9.79 Å². The molecule has 1 atom stereocenters. The van der Waals surface area contributed by atoms with Gasteiger partial charge in [0.1, 0.15) is 0 Å². The lowest BCUT2D eigenvalue weighted by Gasteiger charge is -2.18. The number of amides is 3. The molecule has 7 nitrogen and oxygen atoms in total. The molecule has 4 aromatic rings. The third kappa shape index (κ3) is 9.97. The summed E-state index contributed by atoms with van der Waals surface area (Å²) in [6.07, 6.45) is 2.34. The Morgan fingerprint density at radius 2 is 1.32 bits per heavy atom. The van der Waals surface area contributed by atoms with Crippen LogP contribution in [0.15, 0.2) is 120 Å². The molecule has 0 saturated heterocycles. The smallest absolute Gasteiger partial charge is 0.321 e. The Kier molecular flexibility index (Phi) is 11.1. The molecule has 41 heavy (non-hydrogen) atoms. The van der Waals surface area contributed by atoms with Crippen LogP contribution in [0.25, 0.3) is 0 Å². The molecule has 1 unspecified atom stereocenters. The minimum atomic E-state index is -0.376. The van der Waals surface area contributed by atoms with Crippen molar-refractivity contribution >= 4 is 17.9 Å². The number of guanidine groups is 1. The molecule has 5 N–H and O–H groups in total. The van der Waals surface area contributed by atoms with E-state index in [-0.39, 0.29) is 23.8 Å². The molecule has 0 radical (unpaired) electrons. The van der Waals surface area contributed by atoms with Gasteiger partial charge in [-0.15, -0.1) is 0 Å². The fourth-order valence-electron chi connectivity index (χ4n) is 4.56. The highest BCUT2D eigenvalue weighted by molar-refractivity contribution is 5.95. The topological polar surface area (TPSA) is 109 Å². The van der Waals surface area contributed by atoms with Crippen LogP contribution in [0.5, 0.6) is 0 Å². The summed E-state index contributed by atoms with van der Waals surface area (Å²) in [5.41, 5.74) is 11.1. The molecule has 0 fully saturated rings. The number of carbonyl (C=O) groups excluding carboxylic acids is 2. The van der Waals surface area contributed by atoms with E-state index < -0.39 is 0 Å². The van der Waals surface area contributed by atoms with Crippen molar-refractivity contribution < 1.29 is 9.59 Å². The summed E-state index contributed by atoms with van der Waals surface area (Å²) in [4.78, 5) is 29.7. The standard InChI is InChI=1S/C34H37N5O2/c35-33(39-34(41)36-21-11-18-26-12-4-1-5-13-26)38-25-29-17-10-16-28(22-29)24-37-32(40)31(30-19-8-3-9-20-30)23-27-14-6-2-7-15-27/h1-10,12-17,19-20,22,31H,11,18,21,23-25H2,(H,37,40)(H4,35,36,38,39,41). The highest BCUT2D eigenvalue weighted by Gasteiger charge is 2.20. The Morgan fingerprint density at radius 1 is 0.707 bits per heavy atom. The lowest BCUT2D eigenvalue weighted by molar-refractivity contribution is -0.122. The first-order valence-electron chi connectivity index (χ1n) is 13.9. The minimum absolute atomic E-state index is 0.0216.